The number of nitrogens with one attached hydrogen (secondary N) is 2. The van der Waals surface area contributed by atoms with Crippen LogP contribution in [0.25, 0.3) is 0 Å². The Morgan fingerprint density at radius 2 is 2.25 bits per heavy atom. The summed E-state index contributed by atoms with van der Waals surface area (Å²) in [5.41, 5.74) is 0. The summed E-state index contributed by atoms with van der Waals surface area (Å²) in [5, 5.41) is 5.97. The number of piperidine rings is 1. The molecular formula is C11H20FN3O. The third kappa shape index (κ3) is 2.35. The van der Waals surface area contributed by atoms with Gasteiger partial charge in [0.1, 0.15) is 6.17 Å². The fraction of sp³-hybridized carbons (Fsp3) is 0.909. The molecule has 4 nitrogen and oxygen atoms in total. The van der Waals surface area contributed by atoms with Crippen LogP contribution in [0.4, 0.5) is 4.39 Å². The van der Waals surface area contributed by atoms with Gasteiger partial charge in [-0.05, 0) is 32.9 Å². The van der Waals surface area contributed by atoms with Crippen LogP contribution in [0.15, 0.2) is 0 Å². The third-order valence-electron chi connectivity index (χ3n) is 3.53. The quantitative estimate of drug-likeness (QED) is 0.699. The van der Waals surface area contributed by atoms with Gasteiger partial charge in [-0.25, -0.2) is 4.39 Å². The highest BCUT2D eigenvalue weighted by molar-refractivity contribution is 5.82. The number of likely N-dealkylation sites (N-methyl/N-ethyl adjacent to an activating group) is 1. The maximum atomic E-state index is 13.2. The van der Waals surface area contributed by atoms with Crippen LogP contribution >= 0.6 is 0 Å². The Morgan fingerprint density at radius 3 is 2.75 bits per heavy atom. The predicted octanol–water partition coefficient (Wildman–Crippen LogP) is -0.247. The first-order valence-corrected chi connectivity index (χ1v) is 5.90. The van der Waals surface area contributed by atoms with Gasteiger partial charge in [0, 0.05) is 19.1 Å². The number of amides is 1. The summed E-state index contributed by atoms with van der Waals surface area (Å²) in [6.07, 6.45) is 0.604. The van der Waals surface area contributed by atoms with Crippen molar-refractivity contribution >= 4 is 5.91 Å². The second-order valence-electron chi connectivity index (χ2n) is 5.09. The summed E-state index contributed by atoms with van der Waals surface area (Å²) in [7, 11) is 3.94. The molecule has 0 spiro atoms. The minimum atomic E-state index is -0.754. The molecule has 1 aliphatic carbocycles. The predicted molar refractivity (Wildman–Crippen MR) is 59.9 cm³/mol. The van der Waals surface area contributed by atoms with Crippen LogP contribution in [0.2, 0.25) is 0 Å². The molecule has 2 fully saturated rings. The Balaban J connectivity index is 1.75. The Kier molecular flexibility index (Phi) is 3.44. The van der Waals surface area contributed by atoms with E-state index in [4.69, 9.17) is 0 Å². The Bertz CT molecular complexity index is 270. The molecule has 0 aromatic heterocycles. The molecule has 2 N–H and O–H groups in total. The second kappa shape index (κ2) is 4.67. The van der Waals surface area contributed by atoms with Gasteiger partial charge in [-0.1, -0.05) is 0 Å². The van der Waals surface area contributed by atoms with Gasteiger partial charge in [0.05, 0.1) is 6.04 Å². The number of hydrogen-bond donors (Lipinski definition) is 2. The molecule has 0 aromatic carbocycles. The van der Waals surface area contributed by atoms with Gasteiger partial charge in [0.25, 0.3) is 0 Å². The number of fused-ring (bicyclic) bond motifs is 2. The van der Waals surface area contributed by atoms with E-state index in [0.717, 1.165) is 13.0 Å². The van der Waals surface area contributed by atoms with Crippen LogP contribution < -0.4 is 10.6 Å². The van der Waals surface area contributed by atoms with Crippen molar-refractivity contribution in [2.24, 2.45) is 5.92 Å². The zero-order valence-corrected chi connectivity index (χ0v) is 9.87. The smallest absolute Gasteiger partial charge is 0.237 e. The minimum absolute atomic E-state index is 0.0289. The van der Waals surface area contributed by atoms with E-state index in [1.807, 2.05) is 19.0 Å². The van der Waals surface area contributed by atoms with E-state index in [-0.39, 0.29) is 23.9 Å². The lowest BCUT2D eigenvalue weighted by molar-refractivity contribution is -0.124. The van der Waals surface area contributed by atoms with Gasteiger partial charge >= 0.3 is 0 Å². The third-order valence-corrected chi connectivity index (χ3v) is 3.53. The molecule has 92 valence electrons. The number of alkyl halides is 1. The van der Waals surface area contributed by atoms with Crippen LogP contribution in [0.1, 0.15) is 12.8 Å². The first-order chi connectivity index (χ1) is 7.58. The number of hydrogen-bond acceptors (Lipinski definition) is 3. The van der Waals surface area contributed by atoms with E-state index in [1.54, 1.807) is 0 Å². The van der Waals surface area contributed by atoms with E-state index in [9.17, 15) is 9.18 Å². The highest BCUT2D eigenvalue weighted by Gasteiger charge is 2.48. The molecule has 16 heavy (non-hydrogen) atoms. The lowest BCUT2D eigenvalue weighted by Crippen LogP contribution is -2.51. The van der Waals surface area contributed by atoms with Gasteiger partial charge in [0.15, 0.2) is 0 Å². The first-order valence-electron chi connectivity index (χ1n) is 5.90. The average Bonchev–Trinajstić information content (AvgIpc) is 2.75. The molecule has 0 radical (unpaired) electrons. The fourth-order valence-electron chi connectivity index (χ4n) is 2.64. The Labute approximate surface area is 95.6 Å². The maximum Gasteiger partial charge on any atom is 0.237 e. The number of nitrogens with zero attached hydrogens (tertiary/aromatic N) is 1. The van der Waals surface area contributed by atoms with Crippen LogP contribution in [0.3, 0.4) is 0 Å². The van der Waals surface area contributed by atoms with Crippen LogP contribution in [0.5, 0.6) is 0 Å². The van der Waals surface area contributed by atoms with Gasteiger partial charge in [0.2, 0.25) is 5.91 Å². The van der Waals surface area contributed by atoms with E-state index < -0.39 is 6.17 Å². The van der Waals surface area contributed by atoms with Gasteiger partial charge in [-0.15, -0.1) is 0 Å². The number of halogens is 1. The van der Waals surface area contributed by atoms with Crippen molar-refractivity contribution in [2.45, 2.75) is 31.1 Å². The van der Waals surface area contributed by atoms with Crippen LogP contribution in [0, 0.1) is 5.92 Å². The largest absolute Gasteiger partial charge is 0.353 e. The SMILES string of the molecule is CN(C)CCNC(=O)[C@@H]1N[C@@H]2CC1C[C@H]2F. The Hall–Kier alpha value is -0.680. The zero-order chi connectivity index (χ0) is 11.7. The summed E-state index contributed by atoms with van der Waals surface area (Å²) in [6, 6.07) is -0.256. The molecule has 2 rings (SSSR count). The highest BCUT2D eigenvalue weighted by Crippen LogP contribution is 2.37. The summed E-state index contributed by atoms with van der Waals surface area (Å²) < 4.78 is 13.2. The molecular weight excluding hydrogens is 209 g/mol. The number of carbonyl (C=O) groups excluding carboxylic acids is 1. The van der Waals surface area contributed by atoms with E-state index in [2.05, 4.69) is 10.6 Å². The van der Waals surface area contributed by atoms with Gasteiger partial charge in [-0.3, -0.25) is 10.1 Å². The summed E-state index contributed by atoms with van der Waals surface area (Å²) in [5.74, 6) is 0.223. The van der Waals surface area contributed by atoms with Crippen molar-refractivity contribution in [3.05, 3.63) is 0 Å². The fourth-order valence-corrected chi connectivity index (χ4v) is 2.64. The highest BCUT2D eigenvalue weighted by atomic mass is 19.1. The molecule has 1 heterocycles. The molecule has 1 saturated carbocycles. The second-order valence-corrected chi connectivity index (χ2v) is 5.09. The van der Waals surface area contributed by atoms with Gasteiger partial charge < -0.3 is 10.2 Å². The molecule has 5 heteroatoms. The normalized spacial score (nSPS) is 37.0. The van der Waals surface area contributed by atoms with Crippen molar-refractivity contribution in [2.75, 3.05) is 27.2 Å². The lowest BCUT2D eigenvalue weighted by Gasteiger charge is -2.24. The van der Waals surface area contributed by atoms with E-state index in [1.165, 1.54) is 0 Å². The molecule has 1 unspecified atom stereocenters. The van der Waals surface area contributed by atoms with E-state index >= 15 is 0 Å². The van der Waals surface area contributed by atoms with Crippen molar-refractivity contribution in [3.8, 4) is 0 Å². The van der Waals surface area contributed by atoms with Crippen LogP contribution in [-0.4, -0.2) is 56.2 Å². The molecule has 2 aliphatic rings. The topological polar surface area (TPSA) is 44.4 Å². The zero-order valence-electron chi connectivity index (χ0n) is 9.87. The Morgan fingerprint density at radius 1 is 1.50 bits per heavy atom. The molecule has 2 bridgehead atoms. The molecule has 4 atom stereocenters. The lowest BCUT2D eigenvalue weighted by atomic mass is 9.99. The summed E-state index contributed by atoms with van der Waals surface area (Å²) in [4.78, 5) is 13.8. The number of rotatable bonds is 4. The van der Waals surface area contributed by atoms with Gasteiger partial charge in [-0.2, -0.15) is 0 Å². The van der Waals surface area contributed by atoms with Crippen molar-refractivity contribution < 1.29 is 9.18 Å². The molecule has 0 aromatic rings. The standard InChI is InChI=1S/C11H20FN3O/c1-15(2)4-3-13-11(16)10-7-5-8(12)9(6-7)14-10/h7-10,14H,3-6H2,1-2H3,(H,13,16)/t7?,8-,9-,10-/m1/s1. The number of carbonyl (C=O) groups is 1. The van der Waals surface area contributed by atoms with Crippen LogP contribution in [-0.2, 0) is 4.79 Å². The average molecular weight is 229 g/mol. The summed E-state index contributed by atoms with van der Waals surface area (Å²) in [6.45, 7) is 1.48. The van der Waals surface area contributed by atoms with Crippen molar-refractivity contribution in [1.82, 2.24) is 15.5 Å². The molecule has 1 saturated heterocycles. The first kappa shape index (κ1) is 11.8. The monoisotopic (exact) mass is 229 g/mol. The maximum absolute atomic E-state index is 13.2. The minimum Gasteiger partial charge on any atom is -0.353 e. The molecule has 1 aliphatic heterocycles. The molecule has 1 amide bonds. The van der Waals surface area contributed by atoms with Crippen molar-refractivity contribution in [3.63, 3.8) is 0 Å². The van der Waals surface area contributed by atoms with Crippen molar-refractivity contribution in [1.29, 1.82) is 0 Å². The van der Waals surface area contributed by atoms with E-state index in [0.29, 0.717) is 13.0 Å². The summed E-state index contributed by atoms with van der Waals surface area (Å²) >= 11 is 0.